The third kappa shape index (κ3) is 1.81. The van der Waals surface area contributed by atoms with Crippen LogP contribution in [0.4, 0.5) is 5.69 Å². The number of hydrogen-bond donors (Lipinski definition) is 0. The Morgan fingerprint density at radius 2 is 2.33 bits per heavy atom. The van der Waals surface area contributed by atoms with E-state index in [1.807, 2.05) is 0 Å². The Morgan fingerprint density at radius 1 is 1.58 bits per heavy atom. The summed E-state index contributed by atoms with van der Waals surface area (Å²) in [6.07, 6.45) is 0. The highest BCUT2D eigenvalue weighted by molar-refractivity contribution is 6.33. The number of halogens is 1. The molecule has 0 bridgehead atoms. The van der Waals surface area contributed by atoms with Gasteiger partial charge in [-0.1, -0.05) is 16.7 Å². The van der Waals surface area contributed by atoms with Gasteiger partial charge in [-0.05, 0) is 23.7 Å². The molecule has 0 spiro atoms. The van der Waals surface area contributed by atoms with Crippen LogP contribution in [0, 0.1) is 0 Å². The van der Waals surface area contributed by atoms with E-state index in [0.29, 0.717) is 16.5 Å². The van der Waals surface area contributed by atoms with Gasteiger partial charge in [-0.3, -0.25) is 0 Å². The van der Waals surface area contributed by atoms with Crippen LogP contribution < -0.4 is 4.74 Å². The molecule has 1 rings (SSSR count). The molecule has 0 fully saturated rings. The lowest BCUT2D eigenvalue weighted by Crippen LogP contribution is -1.80. The number of hydrogen-bond acceptors (Lipinski definition) is 2. The number of benzene rings is 1. The fraction of sp³-hybridized carbons (Fsp3) is 0.143. The van der Waals surface area contributed by atoms with E-state index in [1.54, 1.807) is 25.3 Å². The van der Waals surface area contributed by atoms with Crippen LogP contribution in [0.1, 0.15) is 0 Å². The van der Waals surface area contributed by atoms with E-state index in [9.17, 15) is 0 Å². The molecule has 0 radical (unpaired) electrons. The van der Waals surface area contributed by atoms with Gasteiger partial charge in [-0.2, -0.15) is 0 Å². The average molecular weight is 184 g/mol. The first-order valence-corrected chi connectivity index (χ1v) is 3.54. The van der Waals surface area contributed by atoms with Crippen molar-refractivity contribution in [1.82, 2.24) is 0 Å². The molecule has 0 aromatic heterocycles. The van der Waals surface area contributed by atoms with Crippen LogP contribution in [0.3, 0.4) is 0 Å². The Morgan fingerprint density at radius 3 is 2.83 bits per heavy atom. The molecule has 1 aromatic carbocycles. The molecule has 0 atom stereocenters. The van der Waals surface area contributed by atoms with Crippen LogP contribution in [0.15, 0.2) is 23.3 Å². The highest BCUT2D eigenvalue weighted by Gasteiger charge is 1.98. The van der Waals surface area contributed by atoms with Gasteiger partial charge in [-0.15, -0.1) is 0 Å². The topological polar surface area (TPSA) is 58.0 Å². The summed E-state index contributed by atoms with van der Waals surface area (Å²) >= 11 is 5.74. The van der Waals surface area contributed by atoms with E-state index in [-0.39, 0.29) is 0 Å². The van der Waals surface area contributed by atoms with Crippen molar-refractivity contribution in [1.29, 1.82) is 0 Å². The molecular formula is C7H6ClN3O. The maximum absolute atomic E-state index is 8.14. The van der Waals surface area contributed by atoms with Crippen molar-refractivity contribution in [3.8, 4) is 5.75 Å². The lowest BCUT2D eigenvalue weighted by molar-refractivity contribution is 0.415. The summed E-state index contributed by atoms with van der Waals surface area (Å²) in [4.78, 5) is 2.62. The molecule has 0 unspecified atom stereocenters. The van der Waals surface area contributed by atoms with Crippen molar-refractivity contribution >= 4 is 17.3 Å². The summed E-state index contributed by atoms with van der Waals surface area (Å²) in [7, 11) is 1.54. The van der Waals surface area contributed by atoms with Gasteiger partial charge in [0, 0.05) is 4.91 Å². The van der Waals surface area contributed by atoms with Crippen LogP contribution in [0.2, 0.25) is 5.02 Å². The van der Waals surface area contributed by atoms with Crippen LogP contribution in [-0.2, 0) is 0 Å². The molecule has 5 heteroatoms. The number of ether oxygens (including phenoxy) is 1. The molecule has 0 saturated heterocycles. The molecule has 0 aliphatic rings. The van der Waals surface area contributed by atoms with Crippen molar-refractivity contribution in [3.63, 3.8) is 0 Å². The first-order valence-electron chi connectivity index (χ1n) is 3.16. The molecule has 0 saturated carbocycles. The van der Waals surface area contributed by atoms with Gasteiger partial charge < -0.3 is 4.74 Å². The van der Waals surface area contributed by atoms with E-state index < -0.39 is 0 Å². The molecule has 0 heterocycles. The Bertz CT molecular complexity index is 333. The molecule has 1 aromatic rings. The number of azide groups is 1. The standard InChI is InChI=1S/C7H6ClN3O/c1-12-5-2-3-7(10-11-9)6(8)4-5/h2-4H,1H3. The number of nitrogens with zero attached hydrogens (tertiary/aromatic N) is 3. The van der Waals surface area contributed by atoms with Gasteiger partial charge in [0.25, 0.3) is 0 Å². The maximum Gasteiger partial charge on any atom is 0.120 e. The van der Waals surface area contributed by atoms with Crippen molar-refractivity contribution in [3.05, 3.63) is 33.7 Å². The molecule has 62 valence electrons. The summed E-state index contributed by atoms with van der Waals surface area (Å²) in [6.45, 7) is 0. The summed E-state index contributed by atoms with van der Waals surface area (Å²) in [5.41, 5.74) is 8.54. The lowest BCUT2D eigenvalue weighted by atomic mass is 10.3. The Kier molecular flexibility index (Phi) is 2.80. The molecule has 0 aliphatic heterocycles. The Balaban J connectivity index is 3.11. The summed E-state index contributed by atoms with van der Waals surface area (Å²) in [5, 5.41) is 3.76. The quantitative estimate of drug-likeness (QED) is 0.394. The normalized spacial score (nSPS) is 8.83. The van der Waals surface area contributed by atoms with E-state index in [1.165, 1.54) is 0 Å². The SMILES string of the molecule is COc1ccc(N=[N+]=[N-])c(Cl)c1. The second-order valence-corrected chi connectivity index (χ2v) is 2.41. The minimum absolute atomic E-state index is 0.382. The predicted molar refractivity (Wildman–Crippen MR) is 46.8 cm³/mol. The average Bonchev–Trinajstić information content (AvgIpc) is 2.09. The van der Waals surface area contributed by atoms with Gasteiger partial charge in [0.15, 0.2) is 0 Å². The molecule has 0 N–H and O–H groups in total. The first-order chi connectivity index (χ1) is 5.77. The zero-order chi connectivity index (χ0) is 8.97. The van der Waals surface area contributed by atoms with Crippen LogP contribution in [0.25, 0.3) is 10.4 Å². The largest absolute Gasteiger partial charge is 0.497 e. The van der Waals surface area contributed by atoms with E-state index >= 15 is 0 Å². The predicted octanol–water partition coefficient (Wildman–Crippen LogP) is 3.29. The van der Waals surface area contributed by atoms with Gasteiger partial charge in [0.2, 0.25) is 0 Å². The van der Waals surface area contributed by atoms with Crippen LogP contribution in [0.5, 0.6) is 5.75 Å². The molecule has 0 aliphatic carbocycles. The van der Waals surface area contributed by atoms with Gasteiger partial charge in [0.05, 0.1) is 17.8 Å². The molecule has 0 amide bonds. The highest BCUT2D eigenvalue weighted by Crippen LogP contribution is 2.28. The number of methoxy groups -OCH3 is 1. The van der Waals surface area contributed by atoms with Crippen LogP contribution >= 0.6 is 11.6 Å². The van der Waals surface area contributed by atoms with Gasteiger partial charge in [-0.25, -0.2) is 0 Å². The monoisotopic (exact) mass is 183 g/mol. The van der Waals surface area contributed by atoms with Gasteiger partial charge in [0.1, 0.15) is 5.75 Å². The Labute approximate surface area is 74.3 Å². The number of rotatable bonds is 2. The minimum atomic E-state index is 0.382. The van der Waals surface area contributed by atoms with Gasteiger partial charge >= 0.3 is 0 Å². The third-order valence-electron chi connectivity index (χ3n) is 1.31. The summed E-state index contributed by atoms with van der Waals surface area (Å²) in [5.74, 6) is 0.636. The van der Waals surface area contributed by atoms with Crippen molar-refractivity contribution in [2.45, 2.75) is 0 Å². The van der Waals surface area contributed by atoms with E-state index in [2.05, 4.69) is 10.0 Å². The highest BCUT2D eigenvalue weighted by atomic mass is 35.5. The Hall–Kier alpha value is -1.38. The van der Waals surface area contributed by atoms with E-state index in [4.69, 9.17) is 21.9 Å². The third-order valence-corrected chi connectivity index (χ3v) is 1.61. The van der Waals surface area contributed by atoms with Crippen molar-refractivity contribution in [2.24, 2.45) is 5.11 Å². The fourth-order valence-electron chi connectivity index (χ4n) is 0.744. The van der Waals surface area contributed by atoms with E-state index in [0.717, 1.165) is 0 Å². The lowest BCUT2D eigenvalue weighted by Gasteiger charge is -2.00. The zero-order valence-corrected chi connectivity index (χ0v) is 7.12. The fourth-order valence-corrected chi connectivity index (χ4v) is 0.952. The minimum Gasteiger partial charge on any atom is -0.497 e. The van der Waals surface area contributed by atoms with Crippen molar-refractivity contribution in [2.75, 3.05) is 7.11 Å². The second kappa shape index (κ2) is 3.85. The molecular weight excluding hydrogens is 178 g/mol. The first kappa shape index (κ1) is 8.71. The smallest absolute Gasteiger partial charge is 0.120 e. The summed E-state index contributed by atoms with van der Waals surface area (Å²) < 4.78 is 4.91. The molecule has 4 nitrogen and oxygen atoms in total. The second-order valence-electron chi connectivity index (χ2n) is 2.01. The van der Waals surface area contributed by atoms with Crippen LogP contribution in [-0.4, -0.2) is 7.11 Å². The van der Waals surface area contributed by atoms with Crippen molar-refractivity contribution < 1.29 is 4.74 Å². The zero-order valence-electron chi connectivity index (χ0n) is 6.36. The maximum atomic E-state index is 8.14. The molecule has 12 heavy (non-hydrogen) atoms. The summed E-state index contributed by atoms with van der Waals surface area (Å²) in [6, 6.07) is 4.86.